The van der Waals surface area contributed by atoms with Gasteiger partial charge in [-0.05, 0) is 30.7 Å². The molecule has 2 heterocycles. The highest BCUT2D eigenvalue weighted by atomic mass is 19.1. The standard InChI is InChI=1S/C14H11FN2O/c15-11-4-10(6-16)14-12(5-11)13(8-18-14)9-2-1-3-17-7-9/h2,4-5,8,17H,1,3,7H2. The van der Waals surface area contributed by atoms with E-state index >= 15 is 0 Å². The van der Waals surface area contributed by atoms with E-state index in [9.17, 15) is 4.39 Å². The lowest BCUT2D eigenvalue weighted by Gasteiger charge is -2.12. The zero-order valence-corrected chi connectivity index (χ0v) is 9.66. The summed E-state index contributed by atoms with van der Waals surface area (Å²) in [5, 5.41) is 12.9. The molecule has 0 unspecified atom stereocenters. The summed E-state index contributed by atoms with van der Waals surface area (Å²) in [6.45, 7) is 1.70. The Balaban J connectivity index is 2.23. The van der Waals surface area contributed by atoms with Crippen LogP contribution in [-0.2, 0) is 0 Å². The van der Waals surface area contributed by atoms with Crippen molar-refractivity contribution in [3.8, 4) is 6.07 Å². The number of furan rings is 1. The number of hydrogen-bond donors (Lipinski definition) is 1. The Bertz CT molecular complexity index is 679. The molecule has 0 spiro atoms. The van der Waals surface area contributed by atoms with Gasteiger partial charge < -0.3 is 9.73 Å². The van der Waals surface area contributed by atoms with Crippen molar-refractivity contribution in [2.45, 2.75) is 6.42 Å². The minimum atomic E-state index is -0.411. The molecule has 1 aliphatic heterocycles. The first-order valence-corrected chi connectivity index (χ1v) is 5.80. The summed E-state index contributed by atoms with van der Waals surface area (Å²) in [6.07, 6.45) is 4.67. The van der Waals surface area contributed by atoms with Gasteiger partial charge in [-0.2, -0.15) is 5.26 Å². The van der Waals surface area contributed by atoms with Gasteiger partial charge in [-0.15, -0.1) is 0 Å². The van der Waals surface area contributed by atoms with Crippen LogP contribution >= 0.6 is 0 Å². The van der Waals surface area contributed by atoms with E-state index in [-0.39, 0.29) is 5.56 Å². The highest BCUT2D eigenvalue weighted by molar-refractivity contribution is 5.94. The normalized spacial score (nSPS) is 15.4. The SMILES string of the molecule is N#Cc1cc(F)cc2c(C3=CCCNC3)coc12. The molecule has 1 aromatic carbocycles. The van der Waals surface area contributed by atoms with Gasteiger partial charge in [-0.3, -0.25) is 0 Å². The molecule has 90 valence electrons. The molecule has 0 saturated heterocycles. The Morgan fingerprint density at radius 3 is 3.00 bits per heavy atom. The van der Waals surface area contributed by atoms with Crippen molar-refractivity contribution in [3.63, 3.8) is 0 Å². The maximum absolute atomic E-state index is 13.5. The summed E-state index contributed by atoms with van der Waals surface area (Å²) in [7, 11) is 0. The van der Waals surface area contributed by atoms with E-state index in [1.54, 1.807) is 6.26 Å². The topological polar surface area (TPSA) is 49.0 Å². The zero-order valence-electron chi connectivity index (χ0n) is 9.66. The number of nitrogens with one attached hydrogen (secondary N) is 1. The van der Waals surface area contributed by atoms with Crippen LogP contribution in [0.3, 0.4) is 0 Å². The minimum Gasteiger partial charge on any atom is -0.462 e. The van der Waals surface area contributed by atoms with E-state index in [0.717, 1.165) is 30.6 Å². The average molecular weight is 242 g/mol. The predicted octanol–water partition coefficient (Wildman–Crippen LogP) is 2.82. The summed E-state index contributed by atoms with van der Waals surface area (Å²) < 4.78 is 18.9. The number of benzene rings is 1. The first kappa shape index (κ1) is 11.0. The second-order valence-corrected chi connectivity index (χ2v) is 4.29. The fourth-order valence-electron chi connectivity index (χ4n) is 2.28. The monoisotopic (exact) mass is 242 g/mol. The van der Waals surface area contributed by atoms with Crippen LogP contribution in [-0.4, -0.2) is 13.1 Å². The summed E-state index contributed by atoms with van der Waals surface area (Å²) in [4.78, 5) is 0. The van der Waals surface area contributed by atoms with Crippen LogP contribution in [0.15, 0.2) is 28.9 Å². The molecule has 0 aliphatic carbocycles. The minimum absolute atomic E-state index is 0.237. The van der Waals surface area contributed by atoms with Gasteiger partial charge in [0, 0.05) is 17.5 Å². The Hall–Kier alpha value is -2.12. The van der Waals surface area contributed by atoms with Gasteiger partial charge in [0.1, 0.15) is 11.9 Å². The Morgan fingerprint density at radius 1 is 1.39 bits per heavy atom. The summed E-state index contributed by atoms with van der Waals surface area (Å²) >= 11 is 0. The van der Waals surface area contributed by atoms with Crippen molar-refractivity contribution in [1.82, 2.24) is 5.32 Å². The highest BCUT2D eigenvalue weighted by Crippen LogP contribution is 2.30. The largest absolute Gasteiger partial charge is 0.462 e. The quantitative estimate of drug-likeness (QED) is 0.836. The van der Waals surface area contributed by atoms with Gasteiger partial charge in [0.05, 0.1) is 11.8 Å². The molecule has 1 aromatic heterocycles. The molecule has 3 nitrogen and oxygen atoms in total. The van der Waals surface area contributed by atoms with Crippen LogP contribution < -0.4 is 5.32 Å². The smallest absolute Gasteiger partial charge is 0.152 e. The molecular formula is C14H11FN2O. The van der Waals surface area contributed by atoms with Gasteiger partial charge >= 0.3 is 0 Å². The fourth-order valence-corrected chi connectivity index (χ4v) is 2.28. The number of halogens is 1. The third kappa shape index (κ3) is 1.69. The van der Waals surface area contributed by atoms with Crippen molar-refractivity contribution in [2.24, 2.45) is 0 Å². The maximum Gasteiger partial charge on any atom is 0.152 e. The summed E-state index contributed by atoms with van der Waals surface area (Å²) in [5.41, 5.74) is 2.66. The van der Waals surface area contributed by atoms with Crippen LogP contribution in [0.1, 0.15) is 17.5 Å². The van der Waals surface area contributed by atoms with Gasteiger partial charge in [-0.25, -0.2) is 4.39 Å². The van der Waals surface area contributed by atoms with E-state index in [2.05, 4.69) is 11.4 Å². The summed E-state index contributed by atoms with van der Waals surface area (Å²) in [5.74, 6) is -0.411. The van der Waals surface area contributed by atoms with E-state index in [0.29, 0.717) is 11.0 Å². The number of rotatable bonds is 1. The third-order valence-electron chi connectivity index (χ3n) is 3.13. The Kier molecular flexibility index (Phi) is 2.62. The zero-order chi connectivity index (χ0) is 12.5. The van der Waals surface area contributed by atoms with Gasteiger partial charge in [-0.1, -0.05) is 6.08 Å². The number of nitriles is 1. The van der Waals surface area contributed by atoms with Crippen LogP contribution in [0.25, 0.3) is 16.5 Å². The van der Waals surface area contributed by atoms with Gasteiger partial charge in [0.15, 0.2) is 5.58 Å². The second kappa shape index (κ2) is 4.28. The number of hydrogen-bond acceptors (Lipinski definition) is 3. The highest BCUT2D eigenvalue weighted by Gasteiger charge is 2.15. The fraction of sp³-hybridized carbons (Fsp3) is 0.214. The molecule has 0 atom stereocenters. The molecule has 0 bridgehead atoms. The molecule has 18 heavy (non-hydrogen) atoms. The molecule has 0 saturated carbocycles. The molecule has 0 amide bonds. The molecule has 1 aliphatic rings. The molecule has 3 rings (SSSR count). The van der Waals surface area contributed by atoms with Gasteiger partial charge in [0.2, 0.25) is 0 Å². The Morgan fingerprint density at radius 2 is 2.28 bits per heavy atom. The predicted molar refractivity (Wildman–Crippen MR) is 66.4 cm³/mol. The molecule has 4 heteroatoms. The second-order valence-electron chi connectivity index (χ2n) is 4.29. The molecule has 0 radical (unpaired) electrons. The Labute approximate surface area is 104 Å². The van der Waals surface area contributed by atoms with Crippen molar-refractivity contribution in [2.75, 3.05) is 13.1 Å². The molecule has 1 N–H and O–H groups in total. The lowest BCUT2D eigenvalue weighted by atomic mass is 10.0. The lowest BCUT2D eigenvalue weighted by molar-refractivity contribution is 0.607. The van der Waals surface area contributed by atoms with E-state index in [1.165, 1.54) is 12.1 Å². The molecular weight excluding hydrogens is 231 g/mol. The number of nitrogens with zero attached hydrogens (tertiary/aromatic N) is 1. The van der Waals surface area contributed by atoms with Crippen molar-refractivity contribution < 1.29 is 8.81 Å². The van der Waals surface area contributed by atoms with Crippen LogP contribution in [0.5, 0.6) is 0 Å². The molecule has 0 fully saturated rings. The van der Waals surface area contributed by atoms with Crippen LogP contribution in [0.4, 0.5) is 4.39 Å². The average Bonchev–Trinajstić information content (AvgIpc) is 2.82. The number of fused-ring (bicyclic) bond motifs is 1. The first-order valence-electron chi connectivity index (χ1n) is 5.80. The third-order valence-corrected chi connectivity index (χ3v) is 3.13. The lowest BCUT2D eigenvalue weighted by Crippen LogP contribution is -2.21. The van der Waals surface area contributed by atoms with Crippen molar-refractivity contribution in [1.29, 1.82) is 5.26 Å². The van der Waals surface area contributed by atoms with Crippen LogP contribution in [0, 0.1) is 17.1 Å². The first-order chi connectivity index (χ1) is 8.79. The molecule has 2 aromatic rings. The van der Waals surface area contributed by atoms with Crippen molar-refractivity contribution in [3.05, 3.63) is 41.4 Å². The van der Waals surface area contributed by atoms with Gasteiger partial charge in [0.25, 0.3) is 0 Å². The van der Waals surface area contributed by atoms with E-state index in [4.69, 9.17) is 9.68 Å². The van der Waals surface area contributed by atoms with Crippen molar-refractivity contribution >= 4 is 16.5 Å². The van der Waals surface area contributed by atoms with Crippen LogP contribution in [0.2, 0.25) is 0 Å². The summed E-state index contributed by atoms with van der Waals surface area (Å²) in [6, 6.07) is 4.58. The van der Waals surface area contributed by atoms with E-state index in [1.807, 2.05) is 6.07 Å². The van der Waals surface area contributed by atoms with E-state index < -0.39 is 5.82 Å². The maximum atomic E-state index is 13.5.